The molecule has 0 unspecified atom stereocenters. The van der Waals surface area contributed by atoms with Crippen LogP contribution in [-0.2, 0) is 25.8 Å². The van der Waals surface area contributed by atoms with Gasteiger partial charge in [-0.1, -0.05) is 43.6 Å². The molecule has 9 heteroatoms. The molecule has 1 N–H and O–H groups in total. The fourth-order valence-electron chi connectivity index (χ4n) is 2.73. The van der Waals surface area contributed by atoms with Crippen LogP contribution in [0, 0.1) is 0 Å². The lowest BCUT2D eigenvalue weighted by Gasteiger charge is -2.21. The first kappa shape index (κ1) is 22.7. The Morgan fingerprint density at radius 1 is 0.893 bits per heavy atom. The van der Waals surface area contributed by atoms with Crippen molar-refractivity contribution in [3.8, 4) is 0 Å². The van der Waals surface area contributed by atoms with E-state index in [0.29, 0.717) is 29.4 Å². The predicted molar refractivity (Wildman–Crippen MR) is 113 cm³/mol. The van der Waals surface area contributed by atoms with E-state index in [1.807, 2.05) is 13.8 Å². The molecule has 0 spiro atoms. The van der Waals surface area contributed by atoms with Crippen LogP contribution in [0.5, 0.6) is 0 Å². The minimum absolute atomic E-state index is 0.142. The second-order valence-electron chi connectivity index (χ2n) is 6.38. The average molecular weight is 445 g/mol. The van der Waals surface area contributed by atoms with Crippen LogP contribution in [0.2, 0.25) is 5.02 Å². The standard InChI is InChI=1S/C19H25ClN2O4S2/c1-3-13-22(14-4-2)28(25,26)18-11-9-17(10-12-18)21-27(23,24)15-16-7-5-6-8-19(16)20/h5-12,21H,3-4,13-15H2,1-2H3. The highest BCUT2D eigenvalue weighted by Gasteiger charge is 2.23. The van der Waals surface area contributed by atoms with Gasteiger partial charge in [0.1, 0.15) is 0 Å². The highest BCUT2D eigenvalue weighted by Crippen LogP contribution is 2.22. The molecule has 0 amide bonds. The van der Waals surface area contributed by atoms with Gasteiger partial charge in [0.2, 0.25) is 20.0 Å². The maximum atomic E-state index is 12.8. The molecule has 0 saturated carbocycles. The minimum Gasteiger partial charge on any atom is -0.283 e. The Hall–Kier alpha value is -1.61. The average Bonchev–Trinajstić information content (AvgIpc) is 2.63. The molecule has 2 aromatic rings. The van der Waals surface area contributed by atoms with Crippen molar-refractivity contribution in [3.63, 3.8) is 0 Å². The first-order chi connectivity index (χ1) is 13.2. The third-order valence-corrected chi connectivity index (χ3v) is 7.53. The lowest BCUT2D eigenvalue weighted by atomic mass is 10.2. The van der Waals surface area contributed by atoms with Gasteiger partial charge in [-0.05, 0) is 48.7 Å². The lowest BCUT2D eigenvalue weighted by Crippen LogP contribution is -2.32. The summed E-state index contributed by atoms with van der Waals surface area (Å²) in [6, 6.07) is 12.5. The number of halogens is 1. The Labute approximate surface area is 172 Å². The molecule has 0 saturated heterocycles. The largest absolute Gasteiger partial charge is 0.283 e. The van der Waals surface area contributed by atoms with Gasteiger partial charge in [-0.3, -0.25) is 4.72 Å². The van der Waals surface area contributed by atoms with Crippen LogP contribution in [0.15, 0.2) is 53.4 Å². The van der Waals surface area contributed by atoms with Crippen molar-refractivity contribution in [3.05, 3.63) is 59.1 Å². The molecule has 0 radical (unpaired) electrons. The SMILES string of the molecule is CCCN(CCC)S(=O)(=O)c1ccc(NS(=O)(=O)Cc2ccccc2Cl)cc1. The van der Waals surface area contributed by atoms with E-state index in [1.54, 1.807) is 24.3 Å². The minimum atomic E-state index is -3.69. The molecular formula is C19H25ClN2O4S2. The van der Waals surface area contributed by atoms with Gasteiger partial charge in [0.15, 0.2) is 0 Å². The highest BCUT2D eigenvalue weighted by atomic mass is 35.5. The molecule has 0 aromatic heterocycles. The van der Waals surface area contributed by atoms with Crippen LogP contribution in [0.4, 0.5) is 5.69 Å². The summed E-state index contributed by atoms with van der Waals surface area (Å²) < 4.78 is 54.2. The molecule has 0 fully saturated rings. The number of nitrogens with zero attached hydrogens (tertiary/aromatic N) is 1. The number of anilines is 1. The summed E-state index contributed by atoms with van der Waals surface area (Å²) in [5.41, 5.74) is 0.786. The molecule has 0 bridgehead atoms. The second-order valence-corrected chi connectivity index (χ2v) is 10.4. The molecule has 28 heavy (non-hydrogen) atoms. The summed E-state index contributed by atoms with van der Waals surface area (Å²) in [6.07, 6.45) is 1.44. The van der Waals surface area contributed by atoms with Crippen LogP contribution in [0.1, 0.15) is 32.3 Å². The van der Waals surface area contributed by atoms with Crippen LogP contribution in [0.25, 0.3) is 0 Å². The molecule has 2 rings (SSSR count). The van der Waals surface area contributed by atoms with E-state index in [-0.39, 0.29) is 10.6 Å². The molecule has 0 aliphatic carbocycles. The Kier molecular flexibility index (Phi) is 7.88. The molecule has 0 atom stereocenters. The molecule has 0 aliphatic rings. The van der Waals surface area contributed by atoms with Gasteiger partial charge < -0.3 is 0 Å². The van der Waals surface area contributed by atoms with Gasteiger partial charge in [0.05, 0.1) is 10.6 Å². The van der Waals surface area contributed by atoms with E-state index in [0.717, 1.165) is 12.8 Å². The first-order valence-corrected chi connectivity index (χ1v) is 12.5. The smallest absolute Gasteiger partial charge is 0.243 e. The summed E-state index contributed by atoms with van der Waals surface area (Å²) in [4.78, 5) is 0.142. The summed E-state index contributed by atoms with van der Waals surface area (Å²) in [7, 11) is -7.29. The zero-order valence-corrected chi connectivity index (χ0v) is 18.3. The summed E-state index contributed by atoms with van der Waals surface area (Å²) in [5.74, 6) is -0.270. The van der Waals surface area contributed by atoms with Crippen LogP contribution in [0.3, 0.4) is 0 Å². The zero-order chi connectivity index (χ0) is 20.8. The second kappa shape index (κ2) is 9.73. The number of benzene rings is 2. The number of rotatable bonds is 10. The fraction of sp³-hybridized carbons (Fsp3) is 0.368. The topological polar surface area (TPSA) is 83.6 Å². The predicted octanol–water partition coefficient (Wildman–Crippen LogP) is 4.09. The normalized spacial score (nSPS) is 12.3. The Balaban J connectivity index is 2.16. The van der Waals surface area contributed by atoms with Crippen molar-refractivity contribution in [2.75, 3.05) is 17.8 Å². The van der Waals surface area contributed by atoms with Crippen LogP contribution >= 0.6 is 11.6 Å². The summed E-state index contributed by atoms with van der Waals surface area (Å²) in [5, 5.41) is 0.376. The van der Waals surface area contributed by atoms with E-state index in [2.05, 4.69) is 4.72 Å². The summed E-state index contributed by atoms with van der Waals surface area (Å²) in [6.45, 7) is 4.74. The van der Waals surface area contributed by atoms with Crippen molar-refractivity contribution in [2.24, 2.45) is 0 Å². The van der Waals surface area contributed by atoms with Gasteiger partial charge in [-0.15, -0.1) is 0 Å². The van der Waals surface area contributed by atoms with Crippen molar-refractivity contribution in [1.29, 1.82) is 0 Å². The summed E-state index contributed by atoms with van der Waals surface area (Å²) >= 11 is 6.02. The maximum Gasteiger partial charge on any atom is 0.243 e. The quantitative estimate of drug-likeness (QED) is 0.598. The number of nitrogens with one attached hydrogen (secondary N) is 1. The first-order valence-electron chi connectivity index (χ1n) is 9.03. The molecule has 6 nitrogen and oxygen atoms in total. The Morgan fingerprint density at radius 2 is 1.46 bits per heavy atom. The highest BCUT2D eigenvalue weighted by molar-refractivity contribution is 7.92. The molecule has 0 heterocycles. The van der Waals surface area contributed by atoms with Crippen LogP contribution < -0.4 is 4.72 Å². The fourth-order valence-corrected chi connectivity index (χ4v) is 5.87. The molecule has 154 valence electrons. The van der Waals surface area contributed by atoms with Gasteiger partial charge in [-0.2, -0.15) is 4.31 Å². The molecule has 2 aromatic carbocycles. The van der Waals surface area contributed by atoms with Gasteiger partial charge in [0, 0.05) is 23.8 Å². The monoisotopic (exact) mass is 444 g/mol. The van der Waals surface area contributed by atoms with Gasteiger partial charge in [-0.25, -0.2) is 16.8 Å². The Morgan fingerprint density at radius 3 is 2.00 bits per heavy atom. The van der Waals surface area contributed by atoms with Gasteiger partial charge >= 0.3 is 0 Å². The van der Waals surface area contributed by atoms with Gasteiger partial charge in [0.25, 0.3) is 0 Å². The van der Waals surface area contributed by atoms with Crippen molar-refractivity contribution >= 4 is 37.3 Å². The van der Waals surface area contributed by atoms with E-state index < -0.39 is 20.0 Å². The number of hydrogen-bond donors (Lipinski definition) is 1. The molecule has 0 aliphatic heterocycles. The van der Waals surface area contributed by atoms with E-state index in [1.165, 1.54) is 28.6 Å². The zero-order valence-electron chi connectivity index (χ0n) is 15.9. The number of sulfonamides is 2. The van der Waals surface area contributed by atoms with Crippen molar-refractivity contribution in [1.82, 2.24) is 4.31 Å². The maximum absolute atomic E-state index is 12.8. The molecular weight excluding hydrogens is 420 g/mol. The lowest BCUT2D eigenvalue weighted by molar-refractivity contribution is 0.410. The third kappa shape index (κ3) is 5.94. The van der Waals surface area contributed by atoms with Crippen molar-refractivity contribution < 1.29 is 16.8 Å². The van der Waals surface area contributed by atoms with Crippen molar-refractivity contribution in [2.45, 2.75) is 37.3 Å². The Bertz CT molecular complexity index is 985. The third-order valence-electron chi connectivity index (χ3n) is 4.01. The number of hydrogen-bond acceptors (Lipinski definition) is 4. The van der Waals surface area contributed by atoms with E-state index in [4.69, 9.17) is 11.6 Å². The van der Waals surface area contributed by atoms with E-state index >= 15 is 0 Å². The van der Waals surface area contributed by atoms with Crippen LogP contribution in [-0.4, -0.2) is 34.2 Å². The van der Waals surface area contributed by atoms with E-state index in [9.17, 15) is 16.8 Å².